The Bertz CT molecular complexity index is 887. The minimum Gasteiger partial charge on any atom is -0.465 e. The van der Waals surface area contributed by atoms with Gasteiger partial charge >= 0.3 is 5.97 Å². The smallest absolute Gasteiger partial charge is 0.337 e. The van der Waals surface area contributed by atoms with E-state index in [2.05, 4.69) is 15.2 Å². The minimum absolute atomic E-state index is 0.199. The van der Waals surface area contributed by atoms with Crippen molar-refractivity contribution in [3.05, 3.63) is 89.2 Å². The lowest BCUT2D eigenvalue weighted by molar-refractivity contribution is 0.0600. The zero-order valence-corrected chi connectivity index (χ0v) is 14.4. The van der Waals surface area contributed by atoms with Gasteiger partial charge < -0.3 is 10.1 Å². The van der Waals surface area contributed by atoms with Gasteiger partial charge in [0.1, 0.15) is 0 Å². The number of benzene rings is 2. The van der Waals surface area contributed by atoms with Crippen molar-refractivity contribution in [2.24, 2.45) is 0 Å². The number of ether oxygens (including phenoxy) is 1. The summed E-state index contributed by atoms with van der Waals surface area (Å²) >= 11 is 0. The number of aromatic nitrogens is 2. The molecule has 3 aromatic rings. The summed E-state index contributed by atoms with van der Waals surface area (Å²) in [4.78, 5) is 23.8. The number of nitrogens with one attached hydrogen (secondary N) is 1. The molecule has 0 aliphatic carbocycles. The summed E-state index contributed by atoms with van der Waals surface area (Å²) in [6.07, 6.45) is 3.64. The number of carbonyl (C=O) groups excluding carboxylic acids is 2. The molecule has 6 heteroatoms. The van der Waals surface area contributed by atoms with Crippen LogP contribution in [0.15, 0.2) is 67.0 Å². The van der Waals surface area contributed by atoms with Gasteiger partial charge in [-0.1, -0.05) is 24.3 Å². The van der Waals surface area contributed by atoms with Gasteiger partial charge in [0.05, 0.1) is 19.2 Å². The summed E-state index contributed by atoms with van der Waals surface area (Å²) in [6, 6.07) is 16.2. The van der Waals surface area contributed by atoms with Gasteiger partial charge in [-0.25, -0.2) is 4.79 Å². The second kappa shape index (κ2) is 8.11. The second-order valence-corrected chi connectivity index (χ2v) is 5.72. The molecule has 0 saturated heterocycles. The number of hydrogen-bond donors (Lipinski definition) is 1. The van der Waals surface area contributed by atoms with Gasteiger partial charge in [-0.15, -0.1) is 0 Å². The minimum atomic E-state index is -0.426. The predicted molar refractivity (Wildman–Crippen MR) is 96.7 cm³/mol. The Hall–Kier alpha value is -3.41. The average molecular weight is 349 g/mol. The van der Waals surface area contributed by atoms with E-state index in [0.717, 1.165) is 11.1 Å². The first-order valence-corrected chi connectivity index (χ1v) is 8.18. The summed E-state index contributed by atoms with van der Waals surface area (Å²) in [6.45, 7) is 1.06. The van der Waals surface area contributed by atoms with Crippen molar-refractivity contribution in [3.63, 3.8) is 0 Å². The van der Waals surface area contributed by atoms with Crippen LogP contribution in [0.3, 0.4) is 0 Å². The fraction of sp³-hybridized carbons (Fsp3) is 0.150. The molecule has 1 N–H and O–H groups in total. The van der Waals surface area contributed by atoms with Crippen molar-refractivity contribution in [2.75, 3.05) is 7.11 Å². The largest absolute Gasteiger partial charge is 0.465 e. The predicted octanol–water partition coefficient (Wildman–Crippen LogP) is 2.65. The van der Waals surface area contributed by atoms with Crippen LogP contribution >= 0.6 is 0 Å². The van der Waals surface area contributed by atoms with Crippen molar-refractivity contribution in [1.82, 2.24) is 15.1 Å². The van der Waals surface area contributed by atoms with Crippen LogP contribution in [0.5, 0.6) is 0 Å². The molecule has 0 radical (unpaired) electrons. The third kappa shape index (κ3) is 4.16. The summed E-state index contributed by atoms with van der Waals surface area (Å²) in [7, 11) is 1.32. The maximum Gasteiger partial charge on any atom is 0.337 e. The molecule has 132 valence electrons. The van der Waals surface area contributed by atoms with Crippen molar-refractivity contribution in [1.29, 1.82) is 0 Å². The molecule has 0 fully saturated rings. The third-order valence-electron chi connectivity index (χ3n) is 4.02. The van der Waals surface area contributed by atoms with Gasteiger partial charge in [-0.05, 0) is 41.5 Å². The standard InChI is InChI=1S/C20H19N3O3/c1-26-20(25)16-9-7-15(8-10-16)19(24)21-13-17-5-2-3-6-18(17)14-23-12-4-11-22-23/h2-12H,13-14H2,1H3,(H,21,24). The molecule has 26 heavy (non-hydrogen) atoms. The first-order valence-electron chi connectivity index (χ1n) is 8.18. The Morgan fingerprint density at radius 2 is 1.69 bits per heavy atom. The lowest BCUT2D eigenvalue weighted by Crippen LogP contribution is -2.23. The summed E-state index contributed by atoms with van der Waals surface area (Å²) < 4.78 is 6.49. The summed E-state index contributed by atoms with van der Waals surface area (Å²) in [5.41, 5.74) is 3.02. The molecule has 1 amide bonds. The highest BCUT2D eigenvalue weighted by Crippen LogP contribution is 2.11. The van der Waals surface area contributed by atoms with E-state index in [1.54, 1.807) is 30.5 Å². The fourth-order valence-corrected chi connectivity index (χ4v) is 2.61. The van der Waals surface area contributed by atoms with Gasteiger partial charge in [-0.2, -0.15) is 5.10 Å². The lowest BCUT2D eigenvalue weighted by Gasteiger charge is -2.11. The zero-order chi connectivity index (χ0) is 18.4. The van der Waals surface area contributed by atoms with Crippen molar-refractivity contribution >= 4 is 11.9 Å². The number of amides is 1. The van der Waals surface area contributed by atoms with Crippen LogP contribution < -0.4 is 5.32 Å². The highest BCUT2D eigenvalue weighted by Gasteiger charge is 2.10. The molecule has 0 aliphatic rings. The SMILES string of the molecule is COC(=O)c1ccc(C(=O)NCc2ccccc2Cn2cccn2)cc1. The number of esters is 1. The van der Waals surface area contributed by atoms with E-state index in [0.29, 0.717) is 24.2 Å². The molecule has 1 heterocycles. The van der Waals surface area contributed by atoms with Gasteiger partial charge in [0.25, 0.3) is 5.91 Å². The van der Waals surface area contributed by atoms with Crippen LogP contribution in [0.2, 0.25) is 0 Å². The normalized spacial score (nSPS) is 10.3. The van der Waals surface area contributed by atoms with Crippen molar-refractivity contribution in [3.8, 4) is 0 Å². The fourth-order valence-electron chi connectivity index (χ4n) is 2.61. The number of hydrogen-bond acceptors (Lipinski definition) is 4. The van der Waals surface area contributed by atoms with Gasteiger partial charge in [-0.3, -0.25) is 9.48 Å². The van der Waals surface area contributed by atoms with E-state index >= 15 is 0 Å². The first kappa shape index (κ1) is 17.4. The van der Waals surface area contributed by atoms with Crippen LogP contribution in [0.25, 0.3) is 0 Å². The maximum atomic E-state index is 12.4. The molecule has 6 nitrogen and oxygen atoms in total. The van der Waals surface area contributed by atoms with Crippen LogP contribution in [0, 0.1) is 0 Å². The Morgan fingerprint density at radius 1 is 1.00 bits per heavy atom. The monoisotopic (exact) mass is 349 g/mol. The molecule has 0 unspecified atom stereocenters. The highest BCUT2D eigenvalue weighted by molar-refractivity contribution is 5.96. The Morgan fingerprint density at radius 3 is 2.35 bits per heavy atom. The van der Waals surface area contributed by atoms with Crippen molar-refractivity contribution < 1.29 is 14.3 Å². The first-order chi connectivity index (χ1) is 12.7. The average Bonchev–Trinajstić information content (AvgIpc) is 3.19. The molecular weight excluding hydrogens is 330 g/mol. The van der Waals surface area contributed by atoms with E-state index in [4.69, 9.17) is 0 Å². The zero-order valence-electron chi connectivity index (χ0n) is 14.4. The topological polar surface area (TPSA) is 73.2 Å². The van der Waals surface area contributed by atoms with Crippen LogP contribution in [-0.2, 0) is 17.8 Å². The molecule has 0 spiro atoms. The molecule has 1 aromatic heterocycles. The second-order valence-electron chi connectivity index (χ2n) is 5.72. The molecule has 3 rings (SSSR count). The molecule has 2 aromatic carbocycles. The van der Waals surface area contributed by atoms with Crippen LogP contribution in [0.1, 0.15) is 31.8 Å². The number of carbonyl (C=O) groups is 2. The quantitative estimate of drug-likeness (QED) is 0.695. The summed E-state index contributed by atoms with van der Waals surface area (Å²) in [5.74, 6) is -0.625. The van der Waals surface area contributed by atoms with Gasteiger partial charge in [0.2, 0.25) is 0 Å². The van der Waals surface area contributed by atoms with Gasteiger partial charge in [0, 0.05) is 24.5 Å². The van der Waals surface area contributed by atoms with Crippen LogP contribution in [-0.4, -0.2) is 28.8 Å². The highest BCUT2D eigenvalue weighted by atomic mass is 16.5. The van der Waals surface area contributed by atoms with E-state index in [1.165, 1.54) is 7.11 Å². The van der Waals surface area contributed by atoms with Crippen LogP contribution in [0.4, 0.5) is 0 Å². The number of methoxy groups -OCH3 is 1. The number of nitrogens with zero attached hydrogens (tertiary/aromatic N) is 2. The third-order valence-corrected chi connectivity index (χ3v) is 4.02. The molecule has 0 atom stereocenters. The number of rotatable bonds is 6. The molecule has 0 saturated carbocycles. The van der Waals surface area contributed by atoms with E-state index in [1.807, 2.05) is 41.2 Å². The Kier molecular flexibility index (Phi) is 5.43. The van der Waals surface area contributed by atoms with E-state index in [9.17, 15) is 9.59 Å². The molecule has 0 aliphatic heterocycles. The molecular formula is C20H19N3O3. The lowest BCUT2D eigenvalue weighted by atomic mass is 10.1. The van der Waals surface area contributed by atoms with E-state index in [-0.39, 0.29) is 5.91 Å². The van der Waals surface area contributed by atoms with E-state index < -0.39 is 5.97 Å². The Balaban J connectivity index is 1.65. The summed E-state index contributed by atoms with van der Waals surface area (Å²) in [5, 5.41) is 7.13. The van der Waals surface area contributed by atoms with Crippen molar-refractivity contribution in [2.45, 2.75) is 13.1 Å². The Labute approximate surface area is 151 Å². The maximum absolute atomic E-state index is 12.4. The molecule has 0 bridgehead atoms. The van der Waals surface area contributed by atoms with Gasteiger partial charge in [0.15, 0.2) is 0 Å².